The zero-order valence-electron chi connectivity index (χ0n) is 7.87. The van der Waals surface area contributed by atoms with E-state index in [1.54, 1.807) is 18.2 Å². The summed E-state index contributed by atoms with van der Waals surface area (Å²) in [7, 11) is 0. The summed E-state index contributed by atoms with van der Waals surface area (Å²) in [4.78, 5) is 10.5. The van der Waals surface area contributed by atoms with Crippen LogP contribution in [0.4, 0.5) is 4.39 Å². The van der Waals surface area contributed by atoms with Crippen LogP contribution in [0.2, 0.25) is 0 Å². The molecule has 1 aromatic carbocycles. The third kappa shape index (κ3) is 1.76. The Hall–Kier alpha value is -1.68. The van der Waals surface area contributed by atoms with Crippen LogP contribution in [0.1, 0.15) is 11.1 Å². The Morgan fingerprint density at radius 1 is 1.33 bits per heavy atom. The Balaban J connectivity index is 2.55. The molecule has 3 nitrogen and oxygen atoms in total. The number of benzene rings is 1. The number of ether oxygens (including phenoxy) is 1. The van der Waals surface area contributed by atoms with E-state index < -0.39 is 11.8 Å². The molecule has 0 aromatic heterocycles. The molecule has 0 bridgehead atoms. The van der Waals surface area contributed by atoms with E-state index in [0.29, 0.717) is 12.2 Å². The van der Waals surface area contributed by atoms with Gasteiger partial charge in [0, 0.05) is 5.57 Å². The van der Waals surface area contributed by atoms with E-state index >= 15 is 0 Å². The average Bonchev–Trinajstić information content (AvgIpc) is 2.27. The number of halogens is 1. The molecule has 0 aliphatic carbocycles. The van der Waals surface area contributed by atoms with Gasteiger partial charge in [0.1, 0.15) is 0 Å². The van der Waals surface area contributed by atoms with Crippen LogP contribution < -0.4 is 0 Å². The van der Waals surface area contributed by atoms with E-state index in [9.17, 15) is 9.18 Å². The molecule has 0 atom stereocenters. The third-order valence-electron chi connectivity index (χ3n) is 2.30. The molecule has 0 saturated carbocycles. The normalized spacial score (nSPS) is 18.2. The van der Waals surface area contributed by atoms with Crippen molar-refractivity contribution < 1.29 is 19.0 Å². The van der Waals surface area contributed by atoms with Gasteiger partial charge in [0.05, 0.1) is 13.2 Å². The van der Waals surface area contributed by atoms with Gasteiger partial charge in [-0.2, -0.15) is 4.39 Å². The summed E-state index contributed by atoms with van der Waals surface area (Å²) in [6.07, 6.45) is 0. The van der Waals surface area contributed by atoms with Crippen LogP contribution in [-0.2, 0) is 16.1 Å². The largest absolute Gasteiger partial charge is 0.476 e. The summed E-state index contributed by atoms with van der Waals surface area (Å²) in [5.41, 5.74) is 1.56. The van der Waals surface area contributed by atoms with Crippen molar-refractivity contribution in [2.75, 3.05) is 6.61 Å². The SMILES string of the molecule is O=C(O)/C(F)=C1/COCc2ccccc21. The molecule has 1 aliphatic rings. The lowest BCUT2D eigenvalue weighted by Gasteiger charge is -2.19. The van der Waals surface area contributed by atoms with Crippen LogP contribution in [-0.4, -0.2) is 17.7 Å². The number of aliphatic carboxylic acids is 1. The van der Waals surface area contributed by atoms with E-state index in [1.807, 2.05) is 6.07 Å². The molecule has 4 heteroatoms. The highest BCUT2D eigenvalue weighted by atomic mass is 19.1. The smallest absolute Gasteiger partial charge is 0.365 e. The van der Waals surface area contributed by atoms with Crippen LogP contribution in [0.25, 0.3) is 5.57 Å². The zero-order chi connectivity index (χ0) is 10.8. The molecule has 1 aliphatic heterocycles. The summed E-state index contributed by atoms with van der Waals surface area (Å²) in [6.45, 7) is 0.404. The monoisotopic (exact) mass is 208 g/mol. The first-order chi connectivity index (χ1) is 7.20. The first kappa shape index (κ1) is 9.86. The number of hydrogen-bond acceptors (Lipinski definition) is 2. The van der Waals surface area contributed by atoms with Crippen molar-refractivity contribution in [1.29, 1.82) is 0 Å². The van der Waals surface area contributed by atoms with E-state index in [4.69, 9.17) is 9.84 Å². The van der Waals surface area contributed by atoms with Gasteiger partial charge in [-0.05, 0) is 11.1 Å². The Morgan fingerprint density at radius 3 is 2.80 bits per heavy atom. The molecule has 0 spiro atoms. The van der Waals surface area contributed by atoms with Gasteiger partial charge in [-0.3, -0.25) is 0 Å². The summed E-state index contributed by atoms with van der Waals surface area (Å²) < 4.78 is 18.4. The van der Waals surface area contributed by atoms with Gasteiger partial charge in [-0.1, -0.05) is 24.3 Å². The second-order valence-corrected chi connectivity index (χ2v) is 3.25. The number of carboxylic acid groups (broad SMARTS) is 1. The van der Waals surface area contributed by atoms with Crippen LogP contribution in [0.3, 0.4) is 0 Å². The predicted molar refractivity (Wildman–Crippen MR) is 51.8 cm³/mol. The molecule has 0 amide bonds. The minimum absolute atomic E-state index is 0.00907. The molecule has 0 radical (unpaired) electrons. The van der Waals surface area contributed by atoms with Crippen molar-refractivity contribution >= 4 is 11.5 Å². The number of hydrogen-bond donors (Lipinski definition) is 1. The van der Waals surface area contributed by atoms with Crippen LogP contribution >= 0.6 is 0 Å². The number of fused-ring (bicyclic) bond motifs is 1. The van der Waals surface area contributed by atoms with E-state index in [1.165, 1.54) is 0 Å². The average molecular weight is 208 g/mol. The fourth-order valence-electron chi connectivity index (χ4n) is 1.59. The first-order valence-corrected chi connectivity index (χ1v) is 4.48. The molecule has 1 heterocycles. The number of rotatable bonds is 1. The van der Waals surface area contributed by atoms with Gasteiger partial charge in [-0.25, -0.2) is 4.79 Å². The van der Waals surface area contributed by atoms with Gasteiger partial charge in [-0.15, -0.1) is 0 Å². The maximum atomic E-state index is 13.3. The van der Waals surface area contributed by atoms with Gasteiger partial charge in [0.25, 0.3) is 0 Å². The van der Waals surface area contributed by atoms with Gasteiger partial charge >= 0.3 is 5.97 Å². The van der Waals surface area contributed by atoms with Crippen molar-refractivity contribution in [1.82, 2.24) is 0 Å². The third-order valence-corrected chi connectivity index (χ3v) is 2.30. The Labute approximate surface area is 85.8 Å². The fourth-order valence-corrected chi connectivity index (χ4v) is 1.59. The highest BCUT2D eigenvalue weighted by Gasteiger charge is 2.21. The molecule has 0 unspecified atom stereocenters. The molecular weight excluding hydrogens is 199 g/mol. The minimum atomic E-state index is -1.55. The summed E-state index contributed by atoms with van der Waals surface area (Å²) in [5, 5.41) is 8.57. The van der Waals surface area contributed by atoms with Crippen LogP contribution in [0, 0.1) is 0 Å². The lowest BCUT2D eigenvalue weighted by molar-refractivity contribution is -0.134. The quantitative estimate of drug-likeness (QED) is 0.718. The first-order valence-electron chi connectivity index (χ1n) is 4.48. The standard InChI is InChI=1S/C11H9FO3/c12-10(11(13)14)9-6-15-5-7-3-1-2-4-8(7)9/h1-4H,5-6H2,(H,13,14)/b10-9+. The van der Waals surface area contributed by atoms with E-state index in [-0.39, 0.29) is 12.2 Å². The fraction of sp³-hybridized carbons (Fsp3) is 0.182. The molecule has 2 rings (SSSR count). The van der Waals surface area contributed by atoms with Crippen molar-refractivity contribution in [2.45, 2.75) is 6.61 Å². The zero-order valence-corrected chi connectivity index (χ0v) is 7.87. The Bertz CT molecular complexity index is 437. The topological polar surface area (TPSA) is 46.5 Å². The summed E-state index contributed by atoms with van der Waals surface area (Å²) in [6, 6.07) is 7.06. The van der Waals surface area contributed by atoms with Crippen molar-refractivity contribution in [3.05, 3.63) is 41.2 Å². The van der Waals surface area contributed by atoms with Gasteiger partial charge in [0.15, 0.2) is 0 Å². The Morgan fingerprint density at radius 2 is 2.07 bits per heavy atom. The van der Waals surface area contributed by atoms with Crippen molar-refractivity contribution in [3.63, 3.8) is 0 Å². The minimum Gasteiger partial charge on any atom is -0.476 e. The van der Waals surface area contributed by atoms with Crippen molar-refractivity contribution in [3.8, 4) is 0 Å². The Kier molecular flexibility index (Phi) is 2.51. The second-order valence-electron chi connectivity index (χ2n) is 3.25. The second kappa shape index (κ2) is 3.82. The van der Waals surface area contributed by atoms with E-state index in [0.717, 1.165) is 5.56 Å². The molecular formula is C11H9FO3. The lowest BCUT2D eigenvalue weighted by Crippen LogP contribution is -2.12. The molecule has 1 N–H and O–H groups in total. The number of carboxylic acids is 1. The predicted octanol–water partition coefficient (Wildman–Crippen LogP) is 1.98. The highest BCUT2D eigenvalue weighted by molar-refractivity contribution is 5.95. The maximum absolute atomic E-state index is 13.3. The summed E-state index contributed by atoms with van der Waals surface area (Å²) >= 11 is 0. The molecule has 78 valence electrons. The van der Waals surface area contributed by atoms with E-state index in [2.05, 4.69) is 0 Å². The molecule has 1 aromatic rings. The maximum Gasteiger partial charge on any atom is 0.365 e. The van der Waals surface area contributed by atoms with Gasteiger partial charge in [0.2, 0.25) is 5.83 Å². The van der Waals surface area contributed by atoms with Crippen LogP contribution in [0.5, 0.6) is 0 Å². The van der Waals surface area contributed by atoms with Gasteiger partial charge < -0.3 is 9.84 Å². The molecule has 0 saturated heterocycles. The number of carbonyl (C=O) groups is 1. The molecule has 15 heavy (non-hydrogen) atoms. The van der Waals surface area contributed by atoms with Crippen LogP contribution in [0.15, 0.2) is 30.1 Å². The molecule has 0 fully saturated rings. The summed E-state index contributed by atoms with van der Waals surface area (Å²) in [5.74, 6) is -2.69. The highest BCUT2D eigenvalue weighted by Crippen LogP contribution is 2.28. The van der Waals surface area contributed by atoms with Crippen molar-refractivity contribution in [2.24, 2.45) is 0 Å². The lowest BCUT2D eigenvalue weighted by atomic mass is 9.98.